The third-order valence-corrected chi connectivity index (χ3v) is 4.30. The highest BCUT2D eigenvalue weighted by molar-refractivity contribution is 7.46. The van der Waals surface area contributed by atoms with Crippen LogP contribution in [0.15, 0.2) is 24.5 Å². The summed E-state index contributed by atoms with van der Waals surface area (Å²) in [7, 11) is -4.82. The molecule has 0 aliphatic carbocycles. The second-order valence-corrected chi connectivity index (χ2v) is 7.33. The second kappa shape index (κ2) is 8.89. The van der Waals surface area contributed by atoms with Gasteiger partial charge in [0.15, 0.2) is 24.3 Å². The fraction of sp³-hybridized carbons (Fsp3) is 0.500. The molecule has 1 saturated heterocycles. The van der Waals surface area contributed by atoms with Crippen LogP contribution in [0.25, 0.3) is 0 Å². The summed E-state index contributed by atoms with van der Waals surface area (Å²) in [6, 6.07) is 3.15. The predicted octanol–water partition coefficient (Wildman–Crippen LogP) is 0.0468. The Morgan fingerprint density at radius 1 is 1.14 bits per heavy atom. The molecule has 0 aromatic carbocycles. The van der Waals surface area contributed by atoms with Gasteiger partial charge in [-0.1, -0.05) is 0 Å². The van der Waals surface area contributed by atoms with Crippen LogP contribution in [-0.4, -0.2) is 52.4 Å². The first-order valence-electron chi connectivity index (χ1n) is 8.19. The number of ketones is 1. The van der Waals surface area contributed by atoms with Crippen molar-refractivity contribution in [2.45, 2.75) is 45.3 Å². The van der Waals surface area contributed by atoms with E-state index in [0.717, 1.165) is 13.8 Å². The van der Waals surface area contributed by atoms with E-state index in [2.05, 4.69) is 4.52 Å². The summed E-state index contributed by atoms with van der Waals surface area (Å²) in [6.07, 6.45) is -1.49. The highest BCUT2D eigenvalue weighted by Gasteiger charge is 2.54. The molecule has 1 aromatic rings. The molecule has 28 heavy (non-hydrogen) atoms. The number of rotatable bonds is 7. The van der Waals surface area contributed by atoms with Crippen LogP contribution in [0.2, 0.25) is 0 Å². The monoisotopic (exact) mass is 418 g/mol. The Balaban J connectivity index is 2.39. The molecule has 2 heterocycles. The molecule has 11 nitrogen and oxygen atoms in total. The van der Waals surface area contributed by atoms with Crippen molar-refractivity contribution < 1.29 is 52.0 Å². The Kier molecular flexibility index (Phi) is 7.02. The molecule has 154 valence electrons. The molecule has 2 rings (SSSR count). The van der Waals surface area contributed by atoms with Gasteiger partial charge in [-0.3, -0.25) is 18.9 Å². The summed E-state index contributed by atoms with van der Waals surface area (Å²) in [5.41, 5.74) is 0.353. The minimum atomic E-state index is -4.82. The second-order valence-electron chi connectivity index (χ2n) is 6.10. The summed E-state index contributed by atoms with van der Waals surface area (Å²) in [4.78, 5) is 52.6. The molecule has 0 bridgehead atoms. The largest absolute Gasteiger partial charge is 0.469 e. The Hall–Kier alpha value is -2.17. The van der Waals surface area contributed by atoms with Crippen molar-refractivity contribution in [1.82, 2.24) is 0 Å². The quantitative estimate of drug-likeness (QED) is 0.269. The molecule has 0 radical (unpaired) electrons. The molecule has 0 amide bonds. The average Bonchev–Trinajstić information content (AvgIpc) is 2.89. The number of aromatic nitrogens is 1. The number of carbonyl (C=O) groups excluding carboxylic acids is 3. The lowest BCUT2D eigenvalue weighted by atomic mass is 10.1. The number of phosphoric ester groups is 1. The number of carbonyl (C=O) groups is 3. The standard InChI is InChI=1S/C16H20NO10P/c1-9(18)12-5-4-6-17(7-12)16-15(26-11(3)20)14(25-10(2)19)13(27-16)8-24-28(21,22)23/h4-7,13-16H,8H2,1-3H3,(H-,21,22,23)/p+1/t13-,14?,15+,16-/m1/s1. The van der Waals surface area contributed by atoms with E-state index in [4.69, 9.17) is 24.0 Å². The zero-order valence-corrected chi connectivity index (χ0v) is 16.3. The Labute approximate surface area is 160 Å². The number of esters is 2. The maximum Gasteiger partial charge on any atom is 0.469 e. The van der Waals surface area contributed by atoms with Gasteiger partial charge in [-0.05, 0) is 13.0 Å². The highest BCUT2D eigenvalue weighted by atomic mass is 31.2. The maximum absolute atomic E-state index is 11.6. The van der Waals surface area contributed by atoms with Gasteiger partial charge in [-0.15, -0.1) is 0 Å². The van der Waals surface area contributed by atoms with E-state index in [1.165, 1.54) is 17.7 Å². The van der Waals surface area contributed by atoms with E-state index in [9.17, 15) is 18.9 Å². The first-order valence-corrected chi connectivity index (χ1v) is 9.72. The molecule has 12 heteroatoms. The molecule has 1 aliphatic rings. The molecule has 1 unspecified atom stereocenters. The zero-order valence-electron chi connectivity index (χ0n) is 15.4. The van der Waals surface area contributed by atoms with Crippen LogP contribution >= 0.6 is 7.82 Å². The van der Waals surface area contributed by atoms with Crippen LogP contribution < -0.4 is 4.57 Å². The highest BCUT2D eigenvalue weighted by Crippen LogP contribution is 2.38. The van der Waals surface area contributed by atoms with Crippen molar-refractivity contribution in [2.24, 2.45) is 0 Å². The van der Waals surface area contributed by atoms with Crippen LogP contribution in [0.1, 0.15) is 37.4 Å². The Morgan fingerprint density at radius 3 is 2.29 bits per heavy atom. The smallest absolute Gasteiger partial charge is 0.455 e. The molecule has 2 N–H and O–H groups in total. The minimum Gasteiger partial charge on any atom is -0.455 e. The summed E-state index contributed by atoms with van der Waals surface area (Å²) in [5, 5.41) is 0. The van der Waals surface area contributed by atoms with Gasteiger partial charge in [0.1, 0.15) is 6.10 Å². The lowest BCUT2D eigenvalue weighted by Gasteiger charge is -2.21. The van der Waals surface area contributed by atoms with Gasteiger partial charge in [0.25, 0.3) is 0 Å². The number of pyridine rings is 1. The van der Waals surface area contributed by atoms with Gasteiger partial charge >= 0.3 is 26.0 Å². The lowest BCUT2D eigenvalue weighted by Crippen LogP contribution is -2.48. The van der Waals surface area contributed by atoms with Crippen molar-refractivity contribution >= 4 is 25.5 Å². The first-order chi connectivity index (χ1) is 13.0. The number of nitrogens with zero attached hydrogens (tertiary/aromatic N) is 1. The number of Topliss-reactive ketones (excluding diaryl/α,β-unsaturated/α-hetero) is 1. The van der Waals surface area contributed by atoms with Crippen LogP contribution in [0.5, 0.6) is 0 Å². The number of ether oxygens (including phenoxy) is 3. The van der Waals surface area contributed by atoms with Gasteiger partial charge in [-0.2, -0.15) is 4.57 Å². The first kappa shape index (κ1) is 22.1. The van der Waals surface area contributed by atoms with Gasteiger partial charge < -0.3 is 24.0 Å². The zero-order chi connectivity index (χ0) is 21.1. The molecule has 0 saturated carbocycles. The molecule has 1 aromatic heterocycles. The topological polar surface area (TPSA) is 150 Å². The van der Waals surface area contributed by atoms with Crippen molar-refractivity contribution in [3.63, 3.8) is 0 Å². The summed E-state index contributed by atoms with van der Waals surface area (Å²) in [5.74, 6) is -1.61. The van der Waals surface area contributed by atoms with Crippen molar-refractivity contribution in [2.75, 3.05) is 6.61 Å². The van der Waals surface area contributed by atoms with Crippen LogP contribution in [-0.2, 0) is 32.9 Å². The van der Waals surface area contributed by atoms with E-state index < -0.39 is 50.9 Å². The number of hydrogen-bond acceptors (Lipinski definition) is 8. The van der Waals surface area contributed by atoms with Gasteiger partial charge in [0.2, 0.25) is 6.10 Å². The number of hydrogen-bond donors (Lipinski definition) is 2. The average molecular weight is 418 g/mol. The van der Waals surface area contributed by atoms with Crippen LogP contribution in [0.4, 0.5) is 0 Å². The SMILES string of the molecule is CC(=O)OC1[C@@H](COP(=O)(O)O)O[C@@H]([n+]2cccc(C(C)=O)c2)[C@H]1OC(C)=O. The van der Waals surface area contributed by atoms with Gasteiger partial charge in [-0.25, -0.2) is 4.57 Å². The molecular weight excluding hydrogens is 397 g/mol. The summed E-state index contributed by atoms with van der Waals surface area (Å²) < 4.78 is 33.1. The molecule has 1 fully saturated rings. The predicted molar refractivity (Wildman–Crippen MR) is 89.7 cm³/mol. The lowest BCUT2D eigenvalue weighted by molar-refractivity contribution is -0.765. The maximum atomic E-state index is 11.6. The molecule has 0 spiro atoms. The van der Waals surface area contributed by atoms with E-state index in [1.54, 1.807) is 18.3 Å². The third-order valence-electron chi connectivity index (χ3n) is 3.82. The fourth-order valence-electron chi connectivity index (χ4n) is 2.76. The Bertz CT molecular complexity index is 806. The fourth-order valence-corrected chi connectivity index (χ4v) is 3.10. The van der Waals surface area contributed by atoms with E-state index >= 15 is 0 Å². The van der Waals surface area contributed by atoms with Crippen molar-refractivity contribution in [3.8, 4) is 0 Å². The minimum absolute atomic E-state index is 0.214. The molecular formula is C16H21NO10P+. The Morgan fingerprint density at radius 2 is 1.75 bits per heavy atom. The van der Waals surface area contributed by atoms with Gasteiger partial charge in [0.05, 0.1) is 12.2 Å². The van der Waals surface area contributed by atoms with Crippen molar-refractivity contribution in [3.05, 3.63) is 30.1 Å². The van der Waals surface area contributed by atoms with Crippen LogP contribution in [0, 0.1) is 0 Å². The van der Waals surface area contributed by atoms with Gasteiger partial charge in [0, 0.05) is 19.9 Å². The normalized spacial score (nSPS) is 24.6. The summed E-state index contributed by atoms with van der Waals surface area (Å²) >= 11 is 0. The van der Waals surface area contributed by atoms with E-state index in [-0.39, 0.29) is 5.78 Å². The number of phosphoric acid groups is 1. The molecule has 1 aliphatic heterocycles. The third kappa shape index (κ3) is 5.91. The van der Waals surface area contributed by atoms with Crippen LogP contribution in [0.3, 0.4) is 0 Å². The van der Waals surface area contributed by atoms with Crippen molar-refractivity contribution in [1.29, 1.82) is 0 Å². The van der Waals surface area contributed by atoms with E-state index in [0.29, 0.717) is 5.56 Å². The molecule has 4 atom stereocenters. The van der Waals surface area contributed by atoms with E-state index in [1.807, 2.05) is 0 Å². The summed E-state index contributed by atoms with van der Waals surface area (Å²) in [6.45, 7) is 3.03.